The Morgan fingerprint density at radius 3 is 2.37 bits per heavy atom. The van der Waals surface area contributed by atoms with Crippen LogP contribution in [0, 0.1) is 11.3 Å². The molecule has 0 saturated heterocycles. The molecule has 0 aliphatic heterocycles. The van der Waals surface area contributed by atoms with E-state index in [4.69, 9.17) is 5.11 Å². The molecule has 0 spiro atoms. The normalized spacial score (nSPS) is 19.5. The lowest BCUT2D eigenvalue weighted by Gasteiger charge is -2.33. The fraction of sp³-hybridized carbons (Fsp3) is 0.857. The van der Waals surface area contributed by atoms with Gasteiger partial charge in [-0.1, -0.05) is 33.1 Å². The van der Waals surface area contributed by atoms with E-state index in [-0.39, 0.29) is 18.0 Å². The van der Waals surface area contributed by atoms with Gasteiger partial charge in [0.2, 0.25) is 0 Å². The van der Waals surface area contributed by atoms with Gasteiger partial charge in [-0.2, -0.15) is 0 Å². The Morgan fingerprint density at radius 1 is 1.21 bits per heavy atom. The van der Waals surface area contributed by atoms with Gasteiger partial charge in [0.25, 0.3) is 0 Å². The minimum atomic E-state index is -0.859. The molecule has 1 saturated carbocycles. The first-order chi connectivity index (χ1) is 8.97. The third-order valence-corrected chi connectivity index (χ3v) is 4.09. The summed E-state index contributed by atoms with van der Waals surface area (Å²) in [7, 11) is 0. The monoisotopic (exact) mass is 270 g/mol. The molecule has 5 heteroatoms. The van der Waals surface area contributed by atoms with E-state index in [1.807, 2.05) is 0 Å². The highest BCUT2D eigenvalue weighted by Gasteiger charge is 2.27. The standard InChI is InChI=1S/C14H26N2O3/c1-3-11(12(17)18)9-15-13(19)16-10-14(2)7-5-4-6-8-14/h11H,3-10H2,1-2H3,(H,17,18)(H2,15,16,19). The average Bonchev–Trinajstić information content (AvgIpc) is 2.38. The molecule has 0 bridgehead atoms. The molecule has 0 aromatic carbocycles. The predicted molar refractivity (Wildman–Crippen MR) is 74.0 cm³/mol. The van der Waals surface area contributed by atoms with Crippen LogP contribution in [0.25, 0.3) is 0 Å². The maximum absolute atomic E-state index is 11.7. The van der Waals surface area contributed by atoms with Gasteiger partial charge in [-0.15, -0.1) is 0 Å². The van der Waals surface area contributed by atoms with Crippen LogP contribution in [0.2, 0.25) is 0 Å². The second-order valence-electron chi connectivity index (χ2n) is 5.88. The minimum absolute atomic E-state index is 0.189. The number of aliphatic carboxylic acids is 1. The van der Waals surface area contributed by atoms with Crippen LogP contribution in [0.5, 0.6) is 0 Å². The van der Waals surface area contributed by atoms with Crippen molar-refractivity contribution < 1.29 is 14.7 Å². The summed E-state index contributed by atoms with van der Waals surface area (Å²) in [5.74, 6) is -1.36. The van der Waals surface area contributed by atoms with E-state index in [1.165, 1.54) is 19.3 Å². The molecule has 1 rings (SSSR count). The molecule has 3 N–H and O–H groups in total. The number of amides is 2. The van der Waals surface area contributed by atoms with E-state index in [9.17, 15) is 9.59 Å². The quantitative estimate of drug-likeness (QED) is 0.693. The largest absolute Gasteiger partial charge is 0.481 e. The van der Waals surface area contributed by atoms with Gasteiger partial charge in [-0.3, -0.25) is 4.79 Å². The van der Waals surface area contributed by atoms with Crippen molar-refractivity contribution in [3.63, 3.8) is 0 Å². The number of rotatable bonds is 6. The van der Waals surface area contributed by atoms with Crippen LogP contribution in [0.3, 0.4) is 0 Å². The molecular weight excluding hydrogens is 244 g/mol. The Morgan fingerprint density at radius 2 is 1.84 bits per heavy atom. The van der Waals surface area contributed by atoms with E-state index in [1.54, 1.807) is 6.92 Å². The number of hydrogen-bond donors (Lipinski definition) is 3. The van der Waals surface area contributed by atoms with E-state index in [0.717, 1.165) is 12.8 Å². The third-order valence-electron chi connectivity index (χ3n) is 4.09. The number of urea groups is 1. The summed E-state index contributed by atoms with van der Waals surface area (Å²) in [6.45, 7) is 4.87. The van der Waals surface area contributed by atoms with E-state index >= 15 is 0 Å². The lowest BCUT2D eigenvalue weighted by molar-refractivity contribution is -0.141. The van der Waals surface area contributed by atoms with Crippen molar-refractivity contribution in [1.82, 2.24) is 10.6 Å². The molecule has 110 valence electrons. The van der Waals surface area contributed by atoms with Gasteiger partial charge in [0, 0.05) is 13.1 Å². The van der Waals surface area contributed by atoms with Crippen molar-refractivity contribution in [2.45, 2.75) is 52.4 Å². The molecule has 0 aromatic rings. The molecule has 0 aromatic heterocycles. The molecule has 1 atom stereocenters. The van der Waals surface area contributed by atoms with Crippen molar-refractivity contribution >= 4 is 12.0 Å². The molecular formula is C14H26N2O3. The van der Waals surface area contributed by atoms with Gasteiger partial charge < -0.3 is 15.7 Å². The zero-order valence-corrected chi connectivity index (χ0v) is 12.0. The summed E-state index contributed by atoms with van der Waals surface area (Å²) in [4.78, 5) is 22.5. The zero-order chi connectivity index (χ0) is 14.3. The van der Waals surface area contributed by atoms with E-state index in [0.29, 0.717) is 13.0 Å². The fourth-order valence-corrected chi connectivity index (χ4v) is 2.56. The first-order valence-electron chi connectivity index (χ1n) is 7.21. The molecule has 0 radical (unpaired) electrons. The number of carboxylic acids is 1. The molecule has 1 aliphatic carbocycles. The molecule has 5 nitrogen and oxygen atoms in total. The lowest BCUT2D eigenvalue weighted by atomic mass is 9.76. The summed E-state index contributed by atoms with van der Waals surface area (Å²) in [5.41, 5.74) is 0.201. The van der Waals surface area contributed by atoms with E-state index in [2.05, 4.69) is 17.6 Å². The molecule has 1 fully saturated rings. The first-order valence-corrected chi connectivity index (χ1v) is 7.21. The second-order valence-corrected chi connectivity index (χ2v) is 5.88. The first kappa shape index (κ1) is 15.8. The highest BCUT2D eigenvalue weighted by atomic mass is 16.4. The number of hydrogen-bond acceptors (Lipinski definition) is 2. The van der Waals surface area contributed by atoms with Gasteiger partial charge in [-0.05, 0) is 24.7 Å². The summed E-state index contributed by atoms with van der Waals surface area (Å²) >= 11 is 0. The Kier molecular flexibility index (Phi) is 6.12. The maximum Gasteiger partial charge on any atom is 0.314 e. The van der Waals surface area contributed by atoms with Gasteiger partial charge in [0.05, 0.1) is 5.92 Å². The minimum Gasteiger partial charge on any atom is -0.481 e. The lowest BCUT2D eigenvalue weighted by Crippen LogP contribution is -2.44. The second kappa shape index (κ2) is 7.36. The van der Waals surface area contributed by atoms with Gasteiger partial charge in [0.15, 0.2) is 0 Å². The topological polar surface area (TPSA) is 78.4 Å². The van der Waals surface area contributed by atoms with Crippen molar-refractivity contribution in [2.24, 2.45) is 11.3 Å². The van der Waals surface area contributed by atoms with Crippen LogP contribution >= 0.6 is 0 Å². The van der Waals surface area contributed by atoms with Crippen molar-refractivity contribution in [3.05, 3.63) is 0 Å². The smallest absolute Gasteiger partial charge is 0.314 e. The SMILES string of the molecule is CCC(CNC(=O)NCC1(C)CCCCC1)C(=O)O. The van der Waals surface area contributed by atoms with Crippen LogP contribution in [-0.4, -0.2) is 30.2 Å². The molecule has 0 heterocycles. The van der Waals surface area contributed by atoms with Crippen LogP contribution in [-0.2, 0) is 4.79 Å². The number of carboxylic acid groups (broad SMARTS) is 1. The molecule has 2 amide bonds. The van der Waals surface area contributed by atoms with Crippen LogP contribution in [0.1, 0.15) is 52.4 Å². The van der Waals surface area contributed by atoms with E-state index < -0.39 is 11.9 Å². The Bertz CT molecular complexity index is 312. The molecule has 1 aliphatic rings. The number of carbonyl (C=O) groups excluding carboxylic acids is 1. The van der Waals surface area contributed by atoms with Crippen LogP contribution in [0.4, 0.5) is 4.79 Å². The number of nitrogens with one attached hydrogen (secondary N) is 2. The number of carbonyl (C=O) groups is 2. The maximum atomic E-state index is 11.7. The van der Waals surface area contributed by atoms with Gasteiger partial charge >= 0.3 is 12.0 Å². The summed E-state index contributed by atoms with van der Waals surface area (Å²) in [6.07, 6.45) is 6.58. The van der Waals surface area contributed by atoms with Gasteiger partial charge in [0.1, 0.15) is 0 Å². The van der Waals surface area contributed by atoms with Crippen LogP contribution in [0.15, 0.2) is 0 Å². The fourth-order valence-electron chi connectivity index (χ4n) is 2.56. The van der Waals surface area contributed by atoms with Crippen molar-refractivity contribution in [1.29, 1.82) is 0 Å². The van der Waals surface area contributed by atoms with Gasteiger partial charge in [-0.25, -0.2) is 4.79 Å². The van der Waals surface area contributed by atoms with Crippen molar-refractivity contribution in [3.8, 4) is 0 Å². The predicted octanol–water partition coefficient (Wildman–Crippen LogP) is 2.37. The van der Waals surface area contributed by atoms with Crippen molar-refractivity contribution in [2.75, 3.05) is 13.1 Å². The highest BCUT2D eigenvalue weighted by molar-refractivity contribution is 5.75. The molecule has 1 unspecified atom stereocenters. The Hall–Kier alpha value is -1.26. The Labute approximate surface area is 115 Å². The average molecular weight is 270 g/mol. The summed E-state index contributed by atoms with van der Waals surface area (Å²) < 4.78 is 0. The molecule has 19 heavy (non-hydrogen) atoms. The Balaban J connectivity index is 2.25. The zero-order valence-electron chi connectivity index (χ0n) is 12.0. The highest BCUT2D eigenvalue weighted by Crippen LogP contribution is 2.34. The third kappa shape index (κ3) is 5.49. The summed E-state index contributed by atoms with van der Waals surface area (Å²) in [5, 5.41) is 14.4. The summed E-state index contributed by atoms with van der Waals surface area (Å²) in [6, 6.07) is -0.258. The van der Waals surface area contributed by atoms with Crippen LogP contribution < -0.4 is 10.6 Å².